The molecule has 1 heterocycles. The smallest absolute Gasteiger partial charge is 0.416 e. The minimum absolute atomic E-state index is 0.0525. The van der Waals surface area contributed by atoms with Gasteiger partial charge in [-0.15, -0.1) is 0 Å². The van der Waals surface area contributed by atoms with Crippen LogP contribution in [-0.4, -0.2) is 35.3 Å². The van der Waals surface area contributed by atoms with Crippen LogP contribution in [0.1, 0.15) is 29.8 Å². The Morgan fingerprint density at radius 1 is 1.32 bits per heavy atom. The molecule has 2 N–H and O–H groups in total. The first-order valence-corrected chi connectivity index (χ1v) is 8.56. The van der Waals surface area contributed by atoms with Gasteiger partial charge in [0.25, 0.3) is 0 Å². The quantitative estimate of drug-likeness (QED) is 0.530. The van der Waals surface area contributed by atoms with Crippen molar-refractivity contribution in [1.29, 1.82) is 0 Å². The summed E-state index contributed by atoms with van der Waals surface area (Å²) in [6.45, 7) is 1.26. The Labute approximate surface area is 163 Å². The van der Waals surface area contributed by atoms with E-state index >= 15 is 0 Å². The van der Waals surface area contributed by atoms with E-state index in [9.17, 15) is 27.5 Å². The Kier molecular flexibility index (Phi) is 7.34. The summed E-state index contributed by atoms with van der Waals surface area (Å²) >= 11 is 5.78. The lowest BCUT2D eigenvalue weighted by molar-refractivity contribution is -0.152. The van der Waals surface area contributed by atoms with Crippen molar-refractivity contribution in [3.8, 4) is 0 Å². The first-order valence-electron chi connectivity index (χ1n) is 8.19. The van der Waals surface area contributed by atoms with Crippen molar-refractivity contribution in [3.05, 3.63) is 64.2 Å². The van der Waals surface area contributed by atoms with Gasteiger partial charge in [-0.3, -0.25) is 4.98 Å². The Morgan fingerprint density at radius 2 is 2.04 bits per heavy atom. The number of halogens is 5. The number of aliphatic hydroxyl groups is 1. The van der Waals surface area contributed by atoms with Crippen LogP contribution in [0.15, 0.2) is 36.5 Å². The molecule has 2 atom stereocenters. The second-order valence-corrected chi connectivity index (χ2v) is 6.22. The molecule has 10 heteroatoms. The highest BCUT2D eigenvalue weighted by molar-refractivity contribution is 6.30. The van der Waals surface area contributed by atoms with E-state index in [1.54, 1.807) is 6.92 Å². The second-order valence-electron chi connectivity index (χ2n) is 5.78. The molecule has 1 aromatic heterocycles. The lowest BCUT2D eigenvalue weighted by Crippen LogP contribution is -2.37. The van der Waals surface area contributed by atoms with Gasteiger partial charge in [0.15, 0.2) is 6.10 Å². The third-order valence-corrected chi connectivity index (χ3v) is 3.92. The highest BCUT2D eigenvalue weighted by Crippen LogP contribution is 2.33. The van der Waals surface area contributed by atoms with Gasteiger partial charge < -0.3 is 15.2 Å². The summed E-state index contributed by atoms with van der Waals surface area (Å²) in [4.78, 5) is 15.6. The number of esters is 1. The van der Waals surface area contributed by atoms with Crippen molar-refractivity contribution < 1.29 is 32.2 Å². The zero-order valence-corrected chi connectivity index (χ0v) is 15.4. The maximum absolute atomic E-state index is 13.8. The monoisotopic (exact) mass is 420 g/mol. The Bertz CT molecular complexity index is 815. The topological polar surface area (TPSA) is 71.5 Å². The van der Waals surface area contributed by atoms with Gasteiger partial charge >= 0.3 is 12.1 Å². The molecule has 2 aromatic rings. The van der Waals surface area contributed by atoms with Gasteiger partial charge in [-0.05, 0) is 42.8 Å². The van der Waals surface area contributed by atoms with Crippen molar-refractivity contribution >= 4 is 17.6 Å². The number of alkyl halides is 3. The van der Waals surface area contributed by atoms with E-state index in [0.29, 0.717) is 11.1 Å². The summed E-state index contributed by atoms with van der Waals surface area (Å²) in [6, 6.07) is 3.93. The van der Waals surface area contributed by atoms with Crippen molar-refractivity contribution in [2.24, 2.45) is 0 Å². The number of aromatic nitrogens is 1. The molecule has 0 aliphatic heterocycles. The summed E-state index contributed by atoms with van der Waals surface area (Å²) in [5.41, 5.74) is -1.04. The van der Waals surface area contributed by atoms with E-state index < -0.39 is 35.7 Å². The highest BCUT2D eigenvalue weighted by atomic mass is 35.5. The van der Waals surface area contributed by atoms with Crippen LogP contribution in [0.2, 0.25) is 5.02 Å². The second kappa shape index (κ2) is 9.31. The number of carbonyl (C=O) groups excluding carboxylic acids is 1. The van der Waals surface area contributed by atoms with Gasteiger partial charge in [0.2, 0.25) is 0 Å². The number of benzene rings is 1. The molecule has 0 aliphatic rings. The van der Waals surface area contributed by atoms with Gasteiger partial charge in [0, 0.05) is 12.7 Å². The van der Waals surface area contributed by atoms with Gasteiger partial charge in [-0.2, -0.15) is 13.2 Å². The number of hydrogen-bond acceptors (Lipinski definition) is 5. The summed E-state index contributed by atoms with van der Waals surface area (Å²) in [6.07, 6.45) is -5.04. The first kappa shape index (κ1) is 22.1. The van der Waals surface area contributed by atoms with Crippen LogP contribution in [0, 0.1) is 5.82 Å². The molecule has 0 aliphatic carbocycles. The van der Waals surface area contributed by atoms with E-state index in [4.69, 9.17) is 11.6 Å². The molecule has 0 fully saturated rings. The largest absolute Gasteiger partial charge is 0.464 e. The maximum Gasteiger partial charge on any atom is 0.416 e. The van der Waals surface area contributed by atoms with Crippen LogP contribution < -0.4 is 5.32 Å². The fourth-order valence-corrected chi connectivity index (χ4v) is 2.56. The zero-order chi connectivity index (χ0) is 20.9. The fourth-order valence-electron chi connectivity index (χ4n) is 2.45. The Morgan fingerprint density at radius 3 is 2.61 bits per heavy atom. The number of ether oxygens (including phenoxy) is 1. The first-order chi connectivity index (χ1) is 13.1. The van der Waals surface area contributed by atoms with Crippen molar-refractivity contribution in [3.63, 3.8) is 0 Å². The normalized spacial score (nSPS) is 13.8. The molecular weight excluding hydrogens is 404 g/mol. The maximum atomic E-state index is 13.8. The van der Waals surface area contributed by atoms with E-state index in [0.717, 1.165) is 12.1 Å². The molecular formula is C18H17ClF4N2O3. The fraction of sp³-hybridized carbons (Fsp3) is 0.333. The van der Waals surface area contributed by atoms with Crippen molar-refractivity contribution in [2.45, 2.75) is 25.2 Å². The summed E-state index contributed by atoms with van der Waals surface area (Å²) in [5, 5.41) is 12.9. The number of aliphatic hydroxyl groups excluding tert-OH is 1. The Balaban J connectivity index is 2.38. The number of nitrogens with one attached hydrogen (secondary N) is 1. The van der Waals surface area contributed by atoms with E-state index in [-0.39, 0.29) is 24.4 Å². The predicted molar refractivity (Wildman–Crippen MR) is 93.1 cm³/mol. The predicted octanol–water partition coefficient (Wildman–Crippen LogP) is 3.50. The van der Waals surface area contributed by atoms with Crippen LogP contribution in [0.4, 0.5) is 17.6 Å². The van der Waals surface area contributed by atoms with Crippen molar-refractivity contribution in [1.82, 2.24) is 10.3 Å². The van der Waals surface area contributed by atoms with Gasteiger partial charge in [0.1, 0.15) is 5.82 Å². The SMILES string of the molecule is CCOC(=O)C(O)CN[C@@H](c1cc(F)cc(C(F)(F)F)c1)c1ccc(Cl)cn1. The molecule has 5 nitrogen and oxygen atoms in total. The van der Waals surface area contributed by atoms with E-state index in [1.165, 1.54) is 18.3 Å². The summed E-state index contributed by atoms with van der Waals surface area (Å²) < 4.78 is 57.7. The molecule has 1 unspecified atom stereocenters. The third kappa shape index (κ3) is 5.88. The molecule has 0 bridgehead atoms. The van der Waals surface area contributed by atoms with Gasteiger partial charge in [0.05, 0.1) is 28.9 Å². The van der Waals surface area contributed by atoms with Gasteiger partial charge in [-0.25, -0.2) is 9.18 Å². The molecule has 0 spiro atoms. The average molecular weight is 421 g/mol. The average Bonchev–Trinajstić information content (AvgIpc) is 2.62. The molecule has 1 aromatic carbocycles. The van der Waals surface area contributed by atoms with Crippen LogP contribution in [0.3, 0.4) is 0 Å². The minimum Gasteiger partial charge on any atom is -0.464 e. The Hall–Kier alpha value is -2.23. The summed E-state index contributed by atoms with van der Waals surface area (Å²) in [7, 11) is 0. The molecule has 0 amide bonds. The standard InChI is InChI=1S/C18H17ClF4N2O3/c1-2-28-17(27)15(26)9-25-16(14-4-3-12(19)8-24-14)10-5-11(18(21,22)23)7-13(20)6-10/h3-8,15-16,25-26H,2,9H2,1H3/t15?,16-/m0/s1. The zero-order valence-electron chi connectivity index (χ0n) is 14.6. The van der Waals surface area contributed by atoms with Gasteiger partial charge in [-0.1, -0.05) is 11.6 Å². The van der Waals surface area contributed by atoms with Crippen LogP contribution >= 0.6 is 11.6 Å². The highest BCUT2D eigenvalue weighted by Gasteiger charge is 2.32. The molecule has 0 saturated heterocycles. The summed E-state index contributed by atoms with van der Waals surface area (Å²) in [5.74, 6) is -1.98. The number of rotatable bonds is 7. The van der Waals surface area contributed by atoms with Crippen molar-refractivity contribution in [2.75, 3.05) is 13.2 Å². The molecule has 0 radical (unpaired) electrons. The van der Waals surface area contributed by atoms with Crippen LogP contribution in [0.25, 0.3) is 0 Å². The molecule has 28 heavy (non-hydrogen) atoms. The number of pyridine rings is 1. The van der Waals surface area contributed by atoms with E-state index in [1.807, 2.05) is 0 Å². The molecule has 2 rings (SSSR count). The lowest BCUT2D eigenvalue weighted by Gasteiger charge is -2.21. The molecule has 0 saturated carbocycles. The number of hydrogen-bond donors (Lipinski definition) is 2. The third-order valence-electron chi connectivity index (χ3n) is 3.70. The minimum atomic E-state index is -4.75. The van der Waals surface area contributed by atoms with Crippen LogP contribution in [0.5, 0.6) is 0 Å². The lowest BCUT2D eigenvalue weighted by atomic mass is 9.99. The number of carbonyl (C=O) groups is 1. The van der Waals surface area contributed by atoms with E-state index in [2.05, 4.69) is 15.0 Å². The molecule has 152 valence electrons. The number of nitrogens with zero attached hydrogens (tertiary/aromatic N) is 1. The van der Waals surface area contributed by atoms with Crippen LogP contribution in [-0.2, 0) is 15.7 Å².